The van der Waals surface area contributed by atoms with Crippen LogP contribution in [0.25, 0.3) is 0 Å². The number of nitrogens with two attached hydrogens (primary N) is 1. The number of hydrogen-bond donors (Lipinski definition) is 1. The van der Waals surface area contributed by atoms with Gasteiger partial charge in [0.25, 0.3) is 0 Å². The summed E-state index contributed by atoms with van der Waals surface area (Å²) in [5.41, 5.74) is 5.35. The van der Waals surface area contributed by atoms with Gasteiger partial charge in [-0.2, -0.15) is 0 Å². The van der Waals surface area contributed by atoms with Gasteiger partial charge in [0.1, 0.15) is 0 Å². The molecule has 2 N–H and O–H groups in total. The number of fused-ring (bicyclic) bond motifs is 2. The number of primary amides is 1. The molecule has 2 saturated carbocycles. The third-order valence-electron chi connectivity index (χ3n) is 6.24. The average Bonchev–Trinajstić information content (AvgIpc) is 2.52. The maximum Gasteiger partial charge on any atom is 0.222 e. The summed E-state index contributed by atoms with van der Waals surface area (Å²) in [6.07, 6.45) is 11.7. The SMILES string of the molecule is NC(=O)C1CCN(C(=O)CCC2CC3CCCC(C3)C2)CC1. The van der Waals surface area contributed by atoms with Gasteiger partial charge in [-0.05, 0) is 56.3 Å². The normalized spacial score (nSPS) is 32.7. The fourth-order valence-electron chi connectivity index (χ4n) is 5.00. The number of nitrogens with zero attached hydrogens (tertiary/aromatic N) is 1. The Bertz CT molecular complexity index is 403. The molecule has 22 heavy (non-hydrogen) atoms. The van der Waals surface area contributed by atoms with Crippen LogP contribution in [-0.2, 0) is 9.59 Å². The van der Waals surface area contributed by atoms with Crippen LogP contribution in [0.5, 0.6) is 0 Å². The summed E-state index contributed by atoms with van der Waals surface area (Å²) in [5.74, 6) is 2.72. The van der Waals surface area contributed by atoms with Crippen molar-refractivity contribution in [1.29, 1.82) is 0 Å². The summed E-state index contributed by atoms with van der Waals surface area (Å²) >= 11 is 0. The van der Waals surface area contributed by atoms with Crippen molar-refractivity contribution < 1.29 is 9.59 Å². The predicted molar refractivity (Wildman–Crippen MR) is 85.9 cm³/mol. The summed E-state index contributed by atoms with van der Waals surface area (Å²) < 4.78 is 0. The molecule has 3 aliphatic rings. The highest BCUT2D eigenvalue weighted by molar-refractivity contribution is 5.78. The molecule has 2 unspecified atom stereocenters. The van der Waals surface area contributed by atoms with E-state index in [2.05, 4.69) is 0 Å². The molecule has 2 atom stereocenters. The van der Waals surface area contributed by atoms with E-state index in [1.54, 1.807) is 0 Å². The van der Waals surface area contributed by atoms with Gasteiger partial charge < -0.3 is 10.6 Å². The van der Waals surface area contributed by atoms with Crippen molar-refractivity contribution in [2.24, 2.45) is 29.4 Å². The fraction of sp³-hybridized carbons (Fsp3) is 0.889. The molecular weight excluding hydrogens is 276 g/mol. The van der Waals surface area contributed by atoms with Crippen LogP contribution in [0, 0.1) is 23.7 Å². The third-order valence-corrected chi connectivity index (χ3v) is 6.24. The number of carbonyl (C=O) groups is 2. The van der Waals surface area contributed by atoms with Crippen LogP contribution in [0.1, 0.15) is 64.2 Å². The zero-order valence-electron chi connectivity index (χ0n) is 13.6. The lowest BCUT2D eigenvalue weighted by molar-refractivity contribution is -0.135. The van der Waals surface area contributed by atoms with Crippen LogP contribution < -0.4 is 5.73 Å². The Morgan fingerprint density at radius 2 is 1.59 bits per heavy atom. The molecule has 4 nitrogen and oxygen atoms in total. The van der Waals surface area contributed by atoms with Gasteiger partial charge in [-0.25, -0.2) is 0 Å². The van der Waals surface area contributed by atoms with Gasteiger partial charge in [0, 0.05) is 25.4 Å². The Morgan fingerprint density at radius 1 is 0.955 bits per heavy atom. The molecule has 2 bridgehead atoms. The van der Waals surface area contributed by atoms with E-state index in [4.69, 9.17) is 5.73 Å². The van der Waals surface area contributed by atoms with Gasteiger partial charge >= 0.3 is 0 Å². The van der Waals surface area contributed by atoms with Crippen LogP contribution in [0.3, 0.4) is 0 Å². The van der Waals surface area contributed by atoms with Gasteiger partial charge in [-0.15, -0.1) is 0 Å². The van der Waals surface area contributed by atoms with Crippen molar-refractivity contribution in [1.82, 2.24) is 4.90 Å². The van der Waals surface area contributed by atoms with Crippen LogP contribution in [0.4, 0.5) is 0 Å². The molecule has 1 heterocycles. The number of hydrogen-bond acceptors (Lipinski definition) is 2. The number of piperidine rings is 1. The highest BCUT2D eigenvalue weighted by Gasteiger charge is 2.32. The topological polar surface area (TPSA) is 63.4 Å². The first-order valence-electron chi connectivity index (χ1n) is 9.19. The van der Waals surface area contributed by atoms with Crippen molar-refractivity contribution >= 4 is 11.8 Å². The first kappa shape index (κ1) is 15.8. The first-order valence-corrected chi connectivity index (χ1v) is 9.19. The number of rotatable bonds is 4. The zero-order chi connectivity index (χ0) is 15.5. The van der Waals surface area contributed by atoms with Gasteiger partial charge in [0.2, 0.25) is 11.8 Å². The molecule has 3 fully saturated rings. The molecule has 3 rings (SSSR count). The van der Waals surface area contributed by atoms with Gasteiger partial charge in [0.15, 0.2) is 0 Å². The number of amides is 2. The summed E-state index contributed by atoms with van der Waals surface area (Å²) in [6.45, 7) is 1.42. The standard InChI is InChI=1S/C18H30N2O2/c19-18(22)16-6-8-20(9-7-16)17(21)5-4-15-11-13-2-1-3-14(10-13)12-15/h13-16H,1-12H2,(H2,19,22). The maximum absolute atomic E-state index is 12.4. The lowest BCUT2D eigenvalue weighted by Crippen LogP contribution is -2.41. The number of carbonyl (C=O) groups excluding carboxylic acids is 2. The average molecular weight is 306 g/mol. The van der Waals surface area contributed by atoms with E-state index in [1.807, 2.05) is 4.90 Å². The van der Waals surface area contributed by atoms with Crippen molar-refractivity contribution in [2.75, 3.05) is 13.1 Å². The third kappa shape index (κ3) is 3.82. The Labute approximate surface area is 133 Å². The van der Waals surface area contributed by atoms with E-state index in [-0.39, 0.29) is 11.8 Å². The van der Waals surface area contributed by atoms with E-state index in [1.165, 1.54) is 38.5 Å². The predicted octanol–water partition coefficient (Wildman–Crippen LogP) is 2.71. The van der Waals surface area contributed by atoms with Crippen LogP contribution in [0.2, 0.25) is 0 Å². The lowest BCUT2D eigenvalue weighted by Gasteiger charge is -2.39. The Hall–Kier alpha value is -1.06. The van der Waals surface area contributed by atoms with Crippen LogP contribution in [0.15, 0.2) is 0 Å². The summed E-state index contributed by atoms with van der Waals surface area (Å²) in [7, 11) is 0. The molecule has 4 heteroatoms. The summed E-state index contributed by atoms with van der Waals surface area (Å²) in [5, 5.41) is 0. The summed E-state index contributed by atoms with van der Waals surface area (Å²) in [4.78, 5) is 25.5. The van der Waals surface area contributed by atoms with Crippen LogP contribution in [-0.4, -0.2) is 29.8 Å². The smallest absolute Gasteiger partial charge is 0.222 e. The highest BCUT2D eigenvalue weighted by atomic mass is 16.2. The van der Waals surface area contributed by atoms with E-state index in [9.17, 15) is 9.59 Å². The minimum atomic E-state index is -0.208. The molecular formula is C18H30N2O2. The fourth-order valence-corrected chi connectivity index (χ4v) is 5.00. The monoisotopic (exact) mass is 306 g/mol. The van der Waals surface area contributed by atoms with E-state index >= 15 is 0 Å². The van der Waals surface area contributed by atoms with Gasteiger partial charge in [-0.1, -0.05) is 19.3 Å². The lowest BCUT2D eigenvalue weighted by atomic mass is 9.67. The molecule has 1 aliphatic heterocycles. The molecule has 1 saturated heterocycles. The van der Waals surface area contributed by atoms with Crippen molar-refractivity contribution in [3.63, 3.8) is 0 Å². The van der Waals surface area contributed by atoms with Gasteiger partial charge in [0.05, 0.1) is 0 Å². The minimum Gasteiger partial charge on any atom is -0.369 e. The highest BCUT2D eigenvalue weighted by Crippen LogP contribution is 2.43. The minimum absolute atomic E-state index is 0.0261. The van der Waals surface area contributed by atoms with Crippen molar-refractivity contribution in [2.45, 2.75) is 64.2 Å². The second kappa shape index (κ2) is 7.01. The molecule has 0 aromatic rings. The second-order valence-corrected chi connectivity index (χ2v) is 7.83. The van der Waals surface area contributed by atoms with Gasteiger partial charge in [-0.3, -0.25) is 9.59 Å². The molecule has 0 radical (unpaired) electrons. The molecule has 2 amide bonds. The molecule has 2 aliphatic carbocycles. The van der Waals surface area contributed by atoms with E-state index in [0.29, 0.717) is 25.4 Å². The van der Waals surface area contributed by atoms with E-state index < -0.39 is 0 Å². The second-order valence-electron chi connectivity index (χ2n) is 7.83. The van der Waals surface area contributed by atoms with Crippen LogP contribution >= 0.6 is 0 Å². The maximum atomic E-state index is 12.4. The van der Waals surface area contributed by atoms with E-state index in [0.717, 1.165) is 37.0 Å². The number of likely N-dealkylation sites (tertiary alicyclic amines) is 1. The van der Waals surface area contributed by atoms with Crippen molar-refractivity contribution in [3.8, 4) is 0 Å². The largest absolute Gasteiger partial charge is 0.369 e. The summed E-state index contributed by atoms with van der Waals surface area (Å²) in [6, 6.07) is 0. The Balaban J connectivity index is 1.40. The zero-order valence-corrected chi connectivity index (χ0v) is 13.6. The van der Waals surface area contributed by atoms with Crippen molar-refractivity contribution in [3.05, 3.63) is 0 Å². The molecule has 0 aromatic heterocycles. The molecule has 0 aromatic carbocycles. The quantitative estimate of drug-likeness (QED) is 0.868. The Morgan fingerprint density at radius 3 is 2.18 bits per heavy atom. The molecule has 124 valence electrons. The Kier molecular flexibility index (Phi) is 5.04. The molecule has 0 spiro atoms. The first-order chi connectivity index (χ1) is 10.6.